The maximum atomic E-state index is 12.5. The Kier molecular flexibility index (Phi) is 5.95. The zero-order chi connectivity index (χ0) is 16.0. The maximum absolute atomic E-state index is 12.5. The van der Waals surface area contributed by atoms with Crippen molar-refractivity contribution in [3.05, 3.63) is 27.8 Å². The minimum atomic E-state index is -0.588. The summed E-state index contributed by atoms with van der Waals surface area (Å²) in [5, 5.41) is 11.2. The second-order valence-corrected chi connectivity index (χ2v) is 4.37. The van der Waals surface area contributed by atoms with E-state index in [1.54, 1.807) is 4.90 Å². The van der Waals surface area contributed by atoms with Crippen LogP contribution in [0.5, 0.6) is 11.5 Å². The Morgan fingerprint density at radius 2 is 1.81 bits per heavy atom. The van der Waals surface area contributed by atoms with Gasteiger partial charge in [-0.1, -0.05) is 6.92 Å². The smallest absolute Gasteiger partial charge is 0.286 e. The fourth-order valence-corrected chi connectivity index (χ4v) is 2.03. The molecule has 116 valence electrons. The van der Waals surface area contributed by atoms with Crippen molar-refractivity contribution in [1.29, 1.82) is 0 Å². The van der Waals surface area contributed by atoms with E-state index in [2.05, 4.69) is 0 Å². The first-order chi connectivity index (χ1) is 9.99. The molecule has 1 aromatic carbocycles. The molecule has 21 heavy (non-hydrogen) atoms. The van der Waals surface area contributed by atoms with E-state index in [-0.39, 0.29) is 22.9 Å². The van der Waals surface area contributed by atoms with Gasteiger partial charge in [-0.3, -0.25) is 14.9 Å². The molecule has 0 aliphatic carbocycles. The van der Waals surface area contributed by atoms with Gasteiger partial charge in [-0.25, -0.2) is 0 Å². The quantitative estimate of drug-likeness (QED) is 0.570. The molecule has 0 aliphatic rings. The lowest BCUT2D eigenvalue weighted by Gasteiger charge is -2.20. The Bertz CT molecular complexity index is 530. The Morgan fingerprint density at radius 3 is 2.24 bits per heavy atom. The molecule has 0 saturated carbocycles. The Labute approximate surface area is 123 Å². The second-order valence-electron chi connectivity index (χ2n) is 4.37. The normalized spacial score (nSPS) is 10.1. The number of nitrogens with zero attached hydrogens (tertiary/aromatic N) is 2. The predicted molar refractivity (Wildman–Crippen MR) is 78.1 cm³/mol. The fraction of sp³-hybridized carbons (Fsp3) is 0.500. The lowest BCUT2D eigenvalue weighted by Crippen LogP contribution is -2.32. The third-order valence-electron chi connectivity index (χ3n) is 3.09. The molecule has 0 unspecified atom stereocenters. The van der Waals surface area contributed by atoms with E-state index in [1.807, 2.05) is 13.8 Å². The van der Waals surface area contributed by atoms with Gasteiger partial charge >= 0.3 is 0 Å². The molecule has 1 aromatic rings. The van der Waals surface area contributed by atoms with E-state index in [1.165, 1.54) is 26.4 Å². The van der Waals surface area contributed by atoms with E-state index < -0.39 is 4.92 Å². The number of hydrogen-bond acceptors (Lipinski definition) is 5. The highest BCUT2D eigenvalue weighted by molar-refractivity contribution is 5.99. The molecule has 0 heterocycles. The van der Waals surface area contributed by atoms with E-state index in [0.29, 0.717) is 18.8 Å². The molecule has 1 amide bonds. The van der Waals surface area contributed by atoms with Crippen molar-refractivity contribution >= 4 is 11.6 Å². The number of ether oxygens (including phenoxy) is 2. The molecule has 1 rings (SSSR count). The number of carbonyl (C=O) groups is 1. The Hall–Kier alpha value is -2.31. The lowest BCUT2D eigenvalue weighted by molar-refractivity contribution is -0.385. The summed E-state index contributed by atoms with van der Waals surface area (Å²) in [4.78, 5) is 24.7. The number of methoxy groups -OCH3 is 2. The summed E-state index contributed by atoms with van der Waals surface area (Å²) in [6.07, 6.45) is 0.778. The number of amides is 1. The average Bonchev–Trinajstić information content (AvgIpc) is 2.50. The largest absolute Gasteiger partial charge is 0.493 e. The molecule has 7 heteroatoms. The molecular weight excluding hydrogens is 276 g/mol. The molecule has 0 N–H and O–H groups in total. The summed E-state index contributed by atoms with van der Waals surface area (Å²) in [5.74, 6) is 0.130. The predicted octanol–water partition coefficient (Wildman–Crippen LogP) is 2.48. The van der Waals surface area contributed by atoms with Crippen LogP contribution < -0.4 is 9.47 Å². The summed E-state index contributed by atoms with van der Waals surface area (Å²) in [6, 6.07) is 2.57. The van der Waals surface area contributed by atoms with Crippen LogP contribution in [0.4, 0.5) is 5.69 Å². The number of nitro groups is 1. The van der Waals surface area contributed by atoms with Crippen LogP contribution in [-0.4, -0.2) is 43.0 Å². The molecule has 7 nitrogen and oxygen atoms in total. The number of benzene rings is 1. The maximum Gasteiger partial charge on any atom is 0.286 e. The molecule has 0 spiro atoms. The number of rotatable bonds is 7. The van der Waals surface area contributed by atoms with Crippen molar-refractivity contribution in [2.24, 2.45) is 0 Å². The zero-order valence-corrected chi connectivity index (χ0v) is 12.7. The van der Waals surface area contributed by atoms with Crippen LogP contribution in [0.3, 0.4) is 0 Å². The van der Waals surface area contributed by atoms with E-state index in [4.69, 9.17) is 9.47 Å². The summed E-state index contributed by atoms with van der Waals surface area (Å²) in [7, 11) is 2.81. The van der Waals surface area contributed by atoms with E-state index in [0.717, 1.165) is 6.42 Å². The summed E-state index contributed by atoms with van der Waals surface area (Å²) >= 11 is 0. The van der Waals surface area contributed by atoms with Gasteiger partial charge in [0.05, 0.1) is 25.2 Å². The lowest BCUT2D eigenvalue weighted by atomic mass is 10.1. The first-order valence-corrected chi connectivity index (χ1v) is 6.69. The van der Waals surface area contributed by atoms with Crippen LogP contribution in [0.1, 0.15) is 30.6 Å². The van der Waals surface area contributed by atoms with Gasteiger partial charge < -0.3 is 14.4 Å². The molecule has 0 aromatic heterocycles. The highest BCUT2D eigenvalue weighted by Crippen LogP contribution is 2.35. The van der Waals surface area contributed by atoms with Crippen molar-refractivity contribution in [2.45, 2.75) is 20.3 Å². The highest BCUT2D eigenvalue weighted by Gasteiger charge is 2.27. The third kappa shape index (κ3) is 3.62. The van der Waals surface area contributed by atoms with Gasteiger partial charge in [-0.15, -0.1) is 0 Å². The monoisotopic (exact) mass is 296 g/mol. The van der Waals surface area contributed by atoms with E-state index in [9.17, 15) is 14.9 Å². The molecule has 0 fully saturated rings. The van der Waals surface area contributed by atoms with E-state index >= 15 is 0 Å². The highest BCUT2D eigenvalue weighted by atomic mass is 16.6. The van der Waals surface area contributed by atoms with Crippen molar-refractivity contribution in [3.8, 4) is 11.5 Å². The summed E-state index contributed by atoms with van der Waals surface area (Å²) in [5.41, 5.74) is -0.278. The van der Waals surface area contributed by atoms with Gasteiger partial charge in [-0.2, -0.15) is 0 Å². The second kappa shape index (κ2) is 7.47. The van der Waals surface area contributed by atoms with Crippen LogP contribution in [0.15, 0.2) is 12.1 Å². The summed E-state index contributed by atoms with van der Waals surface area (Å²) in [6.45, 7) is 4.80. The van der Waals surface area contributed by atoms with Crippen LogP contribution in [-0.2, 0) is 0 Å². The topological polar surface area (TPSA) is 81.9 Å². The minimum absolute atomic E-state index is 0.00736. The molecule has 0 atom stereocenters. The zero-order valence-electron chi connectivity index (χ0n) is 12.7. The van der Waals surface area contributed by atoms with Gasteiger partial charge in [-0.05, 0) is 13.3 Å². The van der Waals surface area contributed by atoms with Crippen molar-refractivity contribution in [2.75, 3.05) is 27.3 Å². The molecule has 0 radical (unpaired) electrons. The number of hydrogen-bond donors (Lipinski definition) is 0. The van der Waals surface area contributed by atoms with Gasteiger partial charge in [0.2, 0.25) is 0 Å². The standard InChI is InChI=1S/C14H20N2O5/c1-5-7-15(6-2)14(17)10-8-12(20-3)13(21-4)9-11(10)16(18)19/h8-9H,5-7H2,1-4H3. The molecule has 0 bridgehead atoms. The molecular formula is C14H20N2O5. The van der Waals surface area contributed by atoms with Gasteiger partial charge in [0, 0.05) is 19.2 Å². The minimum Gasteiger partial charge on any atom is -0.493 e. The first-order valence-electron chi connectivity index (χ1n) is 6.69. The molecule has 0 saturated heterocycles. The Balaban J connectivity index is 3.38. The number of carbonyl (C=O) groups excluding carboxylic acids is 1. The van der Waals surface area contributed by atoms with Crippen LogP contribution in [0.25, 0.3) is 0 Å². The number of nitro benzene ring substituents is 1. The van der Waals surface area contributed by atoms with Gasteiger partial charge in [0.1, 0.15) is 5.56 Å². The molecule has 0 aliphatic heterocycles. The van der Waals surface area contributed by atoms with Gasteiger partial charge in [0.25, 0.3) is 11.6 Å². The Morgan fingerprint density at radius 1 is 1.24 bits per heavy atom. The van der Waals surface area contributed by atoms with Crippen LogP contribution in [0.2, 0.25) is 0 Å². The SMILES string of the molecule is CCCN(CC)C(=O)c1cc(OC)c(OC)cc1[N+](=O)[O-]. The third-order valence-corrected chi connectivity index (χ3v) is 3.09. The van der Waals surface area contributed by atoms with Crippen molar-refractivity contribution in [1.82, 2.24) is 4.90 Å². The van der Waals surface area contributed by atoms with Crippen molar-refractivity contribution < 1.29 is 19.2 Å². The average molecular weight is 296 g/mol. The first kappa shape index (κ1) is 16.7. The van der Waals surface area contributed by atoms with Crippen LogP contribution >= 0.6 is 0 Å². The summed E-state index contributed by atoms with van der Waals surface area (Å²) < 4.78 is 10.2. The van der Waals surface area contributed by atoms with Gasteiger partial charge in [0.15, 0.2) is 11.5 Å². The van der Waals surface area contributed by atoms with Crippen LogP contribution in [0, 0.1) is 10.1 Å². The fourth-order valence-electron chi connectivity index (χ4n) is 2.03. The van der Waals surface area contributed by atoms with Crippen molar-refractivity contribution in [3.63, 3.8) is 0 Å².